The van der Waals surface area contributed by atoms with Crippen LogP contribution in [0.25, 0.3) is 0 Å². The van der Waals surface area contributed by atoms with E-state index in [2.05, 4.69) is 9.97 Å². The van der Waals surface area contributed by atoms with Crippen molar-refractivity contribution in [2.45, 2.75) is 32.3 Å². The molecule has 1 fully saturated rings. The number of nitrogens with zero attached hydrogens (tertiary/aromatic N) is 2. The van der Waals surface area contributed by atoms with Gasteiger partial charge in [-0.15, -0.1) is 0 Å². The second-order valence-corrected chi connectivity index (χ2v) is 5.58. The Kier molecular flexibility index (Phi) is 3.97. The van der Waals surface area contributed by atoms with Crippen molar-refractivity contribution in [1.29, 1.82) is 0 Å². The minimum absolute atomic E-state index is 0.426. The lowest BCUT2D eigenvalue weighted by atomic mass is 10.2. The molecule has 110 valence electrons. The van der Waals surface area contributed by atoms with Crippen LogP contribution in [0, 0.1) is 6.92 Å². The van der Waals surface area contributed by atoms with Gasteiger partial charge < -0.3 is 9.47 Å². The number of rotatable bonds is 5. The Hall–Kier alpha value is -1.81. The number of aromatic nitrogens is 2. The first-order valence-corrected chi connectivity index (χ1v) is 7.35. The fourth-order valence-electron chi connectivity index (χ4n) is 2.06. The standard InChI is InChI=1S/C16H17ClN2O2/c1-10-14(17)18-15(12-6-7-12)19-16(10)21-9-11-4-3-5-13(8-11)20-2/h3-5,8,12H,6-7,9H2,1-2H3. The summed E-state index contributed by atoms with van der Waals surface area (Å²) in [7, 11) is 1.65. The summed E-state index contributed by atoms with van der Waals surface area (Å²) in [4.78, 5) is 8.84. The molecule has 0 saturated heterocycles. The van der Waals surface area contributed by atoms with Crippen molar-refractivity contribution in [3.63, 3.8) is 0 Å². The number of ether oxygens (including phenoxy) is 2. The van der Waals surface area contributed by atoms with E-state index in [4.69, 9.17) is 21.1 Å². The fourth-order valence-corrected chi connectivity index (χ4v) is 2.23. The van der Waals surface area contributed by atoms with E-state index in [1.807, 2.05) is 31.2 Å². The molecule has 1 aromatic carbocycles. The van der Waals surface area contributed by atoms with Gasteiger partial charge in [-0.3, -0.25) is 0 Å². The van der Waals surface area contributed by atoms with Crippen molar-refractivity contribution < 1.29 is 9.47 Å². The Morgan fingerprint density at radius 2 is 2.10 bits per heavy atom. The topological polar surface area (TPSA) is 44.2 Å². The van der Waals surface area contributed by atoms with Gasteiger partial charge in [0.25, 0.3) is 0 Å². The first kappa shape index (κ1) is 14.1. The maximum Gasteiger partial charge on any atom is 0.221 e. The molecule has 0 spiro atoms. The minimum atomic E-state index is 0.426. The van der Waals surface area contributed by atoms with Gasteiger partial charge in [-0.05, 0) is 37.5 Å². The Morgan fingerprint density at radius 1 is 1.29 bits per heavy atom. The summed E-state index contributed by atoms with van der Waals surface area (Å²) in [6, 6.07) is 7.77. The predicted octanol–water partition coefficient (Wildman–Crippen LogP) is 3.90. The molecular weight excluding hydrogens is 288 g/mol. The normalized spacial score (nSPS) is 14.0. The molecule has 3 rings (SSSR count). The van der Waals surface area contributed by atoms with Crippen molar-refractivity contribution >= 4 is 11.6 Å². The molecule has 0 unspecified atom stereocenters. The van der Waals surface area contributed by atoms with Crippen LogP contribution in [-0.2, 0) is 6.61 Å². The second-order valence-electron chi connectivity index (χ2n) is 5.22. The summed E-state index contributed by atoms with van der Waals surface area (Å²) in [5.74, 6) is 2.63. The molecule has 0 atom stereocenters. The zero-order chi connectivity index (χ0) is 14.8. The minimum Gasteiger partial charge on any atom is -0.497 e. The average Bonchev–Trinajstić information content (AvgIpc) is 3.33. The Balaban J connectivity index is 1.77. The lowest BCUT2D eigenvalue weighted by molar-refractivity contribution is 0.289. The van der Waals surface area contributed by atoms with Crippen LogP contribution in [0.3, 0.4) is 0 Å². The maximum absolute atomic E-state index is 6.17. The van der Waals surface area contributed by atoms with Gasteiger partial charge in [0, 0.05) is 11.5 Å². The lowest BCUT2D eigenvalue weighted by Gasteiger charge is -2.11. The number of hydrogen-bond acceptors (Lipinski definition) is 4. The van der Waals surface area contributed by atoms with E-state index in [0.717, 1.165) is 35.5 Å². The van der Waals surface area contributed by atoms with E-state index >= 15 is 0 Å². The molecular formula is C16H17ClN2O2. The molecule has 2 aromatic rings. The third-order valence-corrected chi connectivity index (χ3v) is 3.88. The Labute approximate surface area is 129 Å². The monoisotopic (exact) mass is 304 g/mol. The van der Waals surface area contributed by atoms with Gasteiger partial charge in [-0.25, -0.2) is 4.98 Å². The Bertz CT molecular complexity index is 657. The van der Waals surface area contributed by atoms with Crippen LogP contribution in [0.15, 0.2) is 24.3 Å². The molecule has 4 nitrogen and oxygen atoms in total. The van der Waals surface area contributed by atoms with Crippen LogP contribution in [0.4, 0.5) is 0 Å². The van der Waals surface area contributed by atoms with Crippen molar-refractivity contribution in [2.75, 3.05) is 7.11 Å². The SMILES string of the molecule is COc1cccc(COc2nc(C3CC3)nc(Cl)c2C)c1. The smallest absolute Gasteiger partial charge is 0.221 e. The third-order valence-electron chi connectivity index (χ3n) is 3.51. The quantitative estimate of drug-likeness (QED) is 0.786. The van der Waals surface area contributed by atoms with Gasteiger partial charge in [0.15, 0.2) is 0 Å². The molecule has 21 heavy (non-hydrogen) atoms. The first-order valence-electron chi connectivity index (χ1n) is 6.97. The lowest BCUT2D eigenvalue weighted by Crippen LogP contribution is -2.04. The largest absolute Gasteiger partial charge is 0.497 e. The summed E-state index contributed by atoms with van der Waals surface area (Å²) >= 11 is 6.17. The van der Waals surface area contributed by atoms with E-state index in [0.29, 0.717) is 23.6 Å². The molecule has 0 amide bonds. The summed E-state index contributed by atoms with van der Waals surface area (Å²) < 4.78 is 11.0. The average molecular weight is 305 g/mol. The van der Waals surface area contributed by atoms with Gasteiger partial charge in [0.2, 0.25) is 5.88 Å². The van der Waals surface area contributed by atoms with Crippen molar-refractivity contribution in [2.24, 2.45) is 0 Å². The van der Waals surface area contributed by atoms with Crippen LogP contribution >= 0.6 is 11.6 Å². The van der Waals surface area contributed by atoms with Gasteiger partial charge in [0.1, 0.15) is 23.3 Å². The molecule has 1 aliphatic carbocycles. The highest BCUT2D eigenvalue weighted by molar-refractivity contribution is 6.30. The molecule has 1 aromatic heterocycles. The first-order chi connectivity index (χ1) is 10.2. The van der Waals surface area contributed by atoms with Gasteiger partial charge in [0.05, 0.1) is 7.11 Å². The van der Waals surface area contributed by atoms with Crippen molar-refractivity contribution in [3.8, 4) is 11.6 Å². The highest BCUT2D eigenvalue weighted by Gasteiger charge is 2.28. The Morgan fingerprint density at radius 3 is 2.81 bits per heavy atom. The molecule has 1 saturated carbocycles. The van der Waals surface area contributed by atoms with E-state index in [9.17, 15) is 0 Å². The molecule has 1 heterocycles. The number of hydrogen-bond donors (Lipinski definition) is 0. The summed E-state index contributed by atoms with van der Waals surface area (Å²) in [5, 5.41) is 0.479. The van der Waals surface area contributed by atoms with Gasteiger partial charge >= 0.3 is 0 Å². The molecule has 0 aliphatic heterocycles. The zero-order valence-electron chi connectivity index (χ0n) is 12.1. The highest BCUT2D eigenvalue weighted by Crippen LogP contribution is 2.39. The van der Waals surface area contributed by atoms with E-state index in [1.54, 1.807) is 7.11 Å². The highest BCUT2D eigenvalue weighted by atomic mass is 35.5. The molecule has 5 heteroatoms. The fraction of sp³-hybridized carbons (Fsp3) is 0.375. The third kappa shape index (κ3) is 3.27. The van der Waals surface area contributed by atoms with E-state index in [-0.39, 0.29) is 0 Å². The van der Waals surface area contributed by atoms with E-state index < -0.39 is 0 Å². The number of halogens is 1. The summed E-state index contributed by atoms with van der Waals surface area (Å²) in [6.07, 6.45) is 2.27. The van der Waals surface area contributed by atoms with Crippen LogP contribution in [0.5, 0.6) is 11.6 Å². The van der Waals surface area contributed by atoms with Crippen molar-refractivity contribution in [1.82, 2.24) is 9.97 Å². The molecule has 0 N–H and O–H groups in total. The van der Waals surface area contributed by atoms with Crippen LogP contribution in [0.1, 0.15) is 35.7 Å². The van der Waals surface area contributed by atoms with E-state index in [1.165, 1.54) is 0 Å². The molecule has 0 bridgehead atoms. The van der Waals surface area contributed by atoms with Crippen molar-refractivity contribution in [3.05, 3.63) is 46.4 Å². The maximum atomic E-state index is 6.17. The van der Waals surface area contributed by atoms with Gasteiger partial charge in [-0.2, -0.15) is 4.98 Å². The molecule has 1 aliphatic rings. The number of methoxy groups -OCH3 is 1. The molecule has 0 radical (unpaired) electrons. The van der Waals surface area contributed by atoms with Gasteiger partial charge in [-0.1, -0.05) is 23.7 Å². The second kappa shape index (κ2) is 5.90. The van der Waals surface area contributed by atoms with Crippen LogP contribution < -0.4 is 9.47 Å². The summed E-state index contributed by atoms with van der Waals surface area (Å²) in [6.45, 7) is 2.30. The summed E-state index contributed by atoms with van der Waals surface area (Å²) in [5.41, 5.74) is 1.81. The zero-order valence-corrected chi connectivity index (χ0v) is 12.9. The predicted molar refractivity (Wildman–Crippen MR) is 81.1 cm³/mol. The van der Waals surface area contributed by atoms with Crippen LogP contribution in [0.2, 0.25) is 5.15 Å². The number of benzene rings is 1. The van der Waals surface area contributed by atoms with Crippen LogP contribution in [-0.4, -0.2) is 17.1 Å².